The number of hydrogen-bond acceptors (Lipinski definition) is 4. The van der Waals surface area contributed by atoms with E-state index in [0.717, 1.165) is 0 Å². The number of halogens is 1. The molecule has 0 radical (unpaired) electrons. The molecule has 2 unspecified atom stereocenters. The summed E-state index contributed by atoms with van der Waals surface area (Å²) in [5.74, 6) is -0.420. The molecule has 7 nitrogen and oxygen atoms in total. The minimum absolute atomic E-state index is 0.0507. The molecule has 0 saturated carbocycles. The Kier molecular flexibility index (Phi) is 4.20. The molecule has 1 N–H and O–H groups in total. The van der Waals surface area contributed by atoms with Gasteiger partial charge < -0.3 is 19.8 Å². The average Bonchev–Trinajstić information content (AvgIpc) is 2.86. The van der Waals surface area contributed by atoms with Gasteiger partial charge in [-0.05, 0) is 17.9 Å². The van der Waals surface area contributed by atoms with Gasteiger partial charge in [-0.3, -0.25) is 4.79 Å². The van der Waals surface area contributed by atoms with E-state index in [0.29, 0.717) is 18.4 Å². The van der Waals surface area contributed by atoms with Gasteiger partial charge in [0.05, 0.1) is 12.2 Å². The lowest BCUT2D eigenvalue weighted by Gasteiger charge is -2.35. The Morgan fingerprint density at radius 1 is 1.63 bits per heavy atom. The maximum atomic E-state index is 12.2. The third-order valence-corrected chi connectivity index (χ3v) is 3.61. The van der Waals surface area contributed by atoms with Crippen LogP contribution in [0, 0.1) is 10.1 Å². The van der Waals surface area contributed by atoms with Crippen molar-refractivity contribution in [2.75, 3.05) is 18.4 Å². The maximum absolute atomic E-state index is 12.2. The van der Waals surface area contributed by atoms with Crippen LogP contribution in [0.2, 0.25) is 0 Å². The van der Waals surface area contributed by atoms with Crippen molar-refractivity contribution in [1.29, 1.82) is 0 Å². The van der Waals surface area contributed by atoms with Gasteiger partial charge in [0.15, 0.2) is 5.69 Å². The van der Waals surface area contributed by atoms with E-state index in [1.54, 1.807) is 4.90 Å². The molecule has 1 saturated heterocycles. The number of nitrogens with zero attached hydrogens (tertiary/aromatic N) is 2. The molecule has 0 aliphatic carbocycles. The number of morpholine rings is 1. The third kappa shape index (κ3) is 3.13. The first-order valence-corrected chi connectivity index (χ1v) is 6.97. The van der Waals surface area contributed by atoms with E-state index in [1.807, 2.05) is 6.92 Å². The van der Waals surface area contributed by atoms with E-state index in [4.69, 9.17) is 4.74 Å². The fraction of sp³-hybridized carbons (Fsp3) is 0.545. The number of amides is 1. The highest BCUT2D eigenvalue weighted by molar-refractivity contribution is 9.09. The minimum Gasteiger partial charge on any atom is -0.371 e. The molecule has 1 fully saturated rings. The Bertz CT molecular complexity index is 490. The van der Waals surface area contributed by atoms with Gasteiger partial charge in [0.1, 0.15) is 0 Å². The van der Waals surface area contributed by atoms with E-state index < -0.39 is 4.92 Å². The van der Waals surface area contributed by atoms with Crippen molar-refractivity contribution in [3.8, 4) is 0 Å². The first kappa shape index (κ1) is 14.0. The SMILES string of the molecule is CC1CN(C(=O)c2ccc([N+](=O)[O-])[nH]2)CC(CBr)O1. The zero-order valence-corrected chi connectivity index (χ0v) is 11.9. The fourth-order valence-electron chi connectivity index (χ4n) is 2.08. The van der Waals surface area contributed by atoms with Crippen LogP contribution in [0.4, 0.5) is 5.82 Å². The molecule has 2 heterocycles. The van der Waals surface area contributed by atoms with Crippen molar-refractivity contribution < 1.29 is 14.5 Å². The average molecular weight is 332 g/mol. The van der Waals surface area contributed by atoms with E-state index in [1.165, 1.54) is 12.1 Å². The third-order valence-electron chi connectivity index (χ3n) is 2.88. The molecule has 1 aliphatic rings. The highest BCUT2D eigenvalue weighted by atomic mass is 79.9. The van der Waals surface area contributed by atoms with Gasteiger partial charge in [0.25, 0.3) is 5.91 Å². The topological polar surface area (TPSA) is 88.5 Å². The molecule has 104 valence electrons. The number of alkyl halides is 1. The van der Waals surface area contributed by atoms with Crippen LogP contribution in [0.5, 0.6) is 0 Å². The molecule has 1 amide bonds. The van der Waals surface area contributed by atoms with Crippen molar-refractivity contribution in [2.45, 2.75) is 19.1 Å². The van der Waals surface area contributed by atoms with Gasteiger partial charge in [-0.1, -0.05) is 15.9 Å². The molecule has 8 heteroatoms. The van der Waals surface area contributed by atoms with Gasteiger partial charge >= 0.3 is 5.82 Å². The molecule has 0 bridgehead atoms. The fourth-order valence-corrected chi connectivity index (χ4v) is 2.44. The lowest BCUT2D eigenvalue weighted by atomic mass is 10.2. The predicted octanol–water partition coefficient (Wildman–Crippen LogP) is 1.55. The van der Waals surface area contributed by atoms with Crippen molar-refractivity contribution in [3.63, 3.8) is 0 Å². The number of carbonyl (C=O) groups excluding carboxylic acids is 1. The van der Waals surface area contributed by atoms with E-state index in [2.05, 4.69) is 20.9 Å². The molecule has 1 aliphatic heterocycles. The number of aromatic nitrogens is 1. The molecular formula is C11H14BrN3O4. The highest BCUT2D eigenvalue weighted by Crippen LogP contribution is 2.17. The zero-order valence-electron chi connectivity index (χ0n) is 10.3. The summed E-state index contributed by atoms with van der Waals surface area (Å²) in [4.78, 5) is 26.4. The standard InChI is InChI=1S/C11H14BrN3O4/c1-7-5-14(6-8(4-12)19-7)11(16)9-2-3-10(13-9)15(17)18/h2-3,7-8,13H,4-6H2,1H3. The predicted molar refractivity (Wildman–Crippen MR) is 71.5 cm³/mol. The van der Waals surface area contributed by atoms with Crippen molar-refractivity contribution in [2.24, 2.45) is 0 Å². The van der Waals surface area contributed by atoms with Crippen LogP contribution < -0.4 is 0 Å². The van der Waals surface area contributed by atoms with Gasteiger partial charge in [-0.25, -0.2) is 4.98 Å². The number of carbonyl (C=O) groups is 1. The summed E-state index contributed by atoms with van der Waals surface area (Å²) < 4.78 is 5.64. The van der Waals surface area contributed by atoms with Gasteiger partial charge in [0, 0.05) is 24.5 Å². The lowest BCUT2D eigenvalue weighted by Crippen LogP contribution is -2.49. The van der Waals surface area contributed by atoms with Crippen LogP contribution in [-0.2, 0) is 4.74 Å². The Hall–Kier alpha value is -1.41. The van der Waals surface area contributed by atoms with Crippen LogP contribution in [0.25, 0.3) is 0 Å². The van der Waals surface area contributed by atoms with E-state index >= 15 is 0 Å². The summed E-state index contributed by atoms with van der Waals surface area (Å²) in [6, 6.07) is 2.73. The molecule has 19 heavy (non-hydrogen) atoms. The van der Waals surface area contributed by atoms with Crippen LogP contribution in [0.1, 0.15) is 17.4 Å². The molecule has 1 aromatic heterocycles. The van der Waals surface area contributed by atoms with Crippen molar-refractivity contribution in [3.05, 3.63) is 27.9 Å². The van der Waals surface area contributed by atoms with Crippen LogP contribution in [0.3, 0.4) is 0 Å². The summed E-state index contributed by atoms with van der Waals surface area (Å²) in [5, 5.41) is 11.2. The lowest BCUT2D eigenvalue weighted by molar-refractivity contribution is -0.389. The summed E-state index contributed by atoms with van der Waals surface area (Å²) in [7, 11) is 0. The number of nitro groups is 1. The molecule has 1 aromatic rings. The molecular weight excluding hydrogens is 318 g/mol. The second-order valence-electron chi connectivity index (χ2n) is 4.45. The molecule has 0 aromatic carbocycles. The van der Waals surface area contributed by atoms with Gasteiger partial charge in [-0.2, -0.15) is 0 Å². The monoisotopic (exact) mass is 331 g/mol. The molecule has 0 spiro atoms. The zero-order chi connectivity index (χ0) is 14.0. The quantitative estimate of drug-likeness (QED) is 0.517. The number of rotatable bonds is 3. The summed E-state index contributed by atoms with van der Waals surface area (Å²) >= 11 is 3.33. The Labute approximate surface area is 118 Å². The van der Waals surface area contributed by atoms with Crippen molar-refractivity contribution in [1.82, 2.24) is 9.88 Å². The Morgan fingerprint density at radius 3 is 2.95 bits per heavy atom. The van der Waals surface area contributed by atoms with Gasteiger partial charge in [0.2, 0.25) is 0 Å². The van der Waals surface area contributed by atoms with Crippen LogP contribution in [0.15, 0.2) is 12.1 Å². The number of H-pyrrole nitrogens is 1. The summed E-state index contributed by atoms with van der Waals surface area (Å²) in [5.41, 5.74) is 0.231. The van der Waals surface area contributed by atoms with Gasteiger partial charge in [-0.15, -0.1) is 0 Å². The first-order chi connectivity index (χ1) is 9.01. The Morgan fingerprint density at radius 2 is 2.37 bits per heavy atom. The normalized spacial score (nSPS) is 23.4. The molecule has 2 atom stereocenters. The number of hydrogen-bond donors (Lipinski definition) is 1. The van der Waals surface area contributed by atoms with Crippen molar-refractivity contribution >= 4 is 27.7 Å². The maximum Gasteiger partial charge on any atom is 0.321 e. The van der Waals surface area contributed by atoms with Crippen LogP contribution in [-0.4, -0.2) is 51.3 Å². The number of ether oxygens (including phenoxy) is 1. The smallest absolute Gasteiger partial charge is 0.321 e. The minimum atomic E-state index is -0.556. The second-order valence-corrected chi connectivity index (χ2v) is 5.09. The Balaban J connectivity index is 2.11. The van der Waals surface area contributed by atoms with Crippen LogP contribution >= 0.6 is 15.9 Å². The van der Waals surface area contributed by atoms with E-state index in [9.17, 15) is 14.9 Å². The second kappa shape index (κ2) is 5.70. The largest absolute Gasteiger partial charge is 0.371 e. The summed E-state index contributed by atoms with van der Waals surface area (Å²) in [6.07, 6.45) is -0.108. The number of aromatic amines is 1. The number of nitrogens with one attached hydrogen (secondary N) is 1. The molecule has 2 rings (SSSR count). The summed E-state index contributed by atoms with van der Waals surface area (Å²) in [6.45, 7) is 2.85. The highest BCUT2D eigenvalue weighted by Gasteiger charge is 2.30. The van der Waals surface area contributed by atoms with E-state index in [-0.39, 0.29) is 29.6 Å². The first-order valence-electron chi connectivity index (χ1n) is 5.85.